The molecule has 0 unspecified atom stereocenters. The summed E-state index contributed by atoms with van der Waals surface area (Å²) in [5, 5.41) is 18.6. The van der Waals surface area contributed by atoms with Gasteiger partial charge in [0.2, 0.25) is 5.91 Å². The molecule has 1 aromatic heterocycles. The van der Waals surface area contributed by atoms with Crippen molar-refractivity contribution < 1.29 is 14.5 Å². The highest BCUT2D eigenvalue weighted by Crippen LogP contribution is 2.26. The molecule has 0 saturated carbocycles. The van der Waals surface area contributed by atoms with Gasteiger partial charge in [-0.3, -0.25) is 19.7 Å². The Morgan fingerprint density at radius 2 is 1.59 bits per heavy atom. The first-order valence-electron chi connectivity index (χ1n) is 12.0. The molecule has 37 heavy (non-hydrogen) atoms. The van der Waals surface area contributed by atoms with E-state index < -0.39 is 4.92 Å². The summed E-state index contributed by atoms with van der Waals surface area (Å²) in [4.78, 5) is 37.8. The number of para-hydroxylation sites is 1. The maximum absolute atomic E-state index is 13.0. The molecule has 0 spiro atoms. The van der Waals surface area contributed by atoms with Gasteiger partial charge in [-0.2, -0.15) is 5.10 Å². The largest absolute Gasteiger partial charge is 0.339 e. The molecular formula is C28H27N5O4. The summed E-state index contributed by atoms with van der Waals surface area (Å²) in [6, 6.07) is 22.4. The summed E-state index contributed by atoms with van der Waals surface area (Å²) >= 11 is 0. The van der Waals surface area contributed by atoms with Crippen molar-refractivity contribution in [1.29, 1.82) is 0 Å². The summed E-state index contributed by atoms with van der Waals surface area (Å²) in [7, 11) is 0. The molecule has 1 N–H and O–H groups in total. The molecule has 1 heterocycles. The van der Waals surface area contributed by atoms with Crippen LogP contribution in [0.1, 0.15) is 29.8 Å². The van der Waals surface area contributed by atoms with Gasteiger partial charge in [-0.1, -0.05) is 18.2 Å². The van der Waals surface area contributed by atoms with Crippen molar-refractivity contribution in [3.05, 3.63) is 106 Å². The Labute approximate surface area is 214 Å². The third kappa shape index (κ3) is 5.90. The first-order chi connectivity index (χ1) is 17.9. The molecule has 0 fully saturated rings. The summed E-state index contributed by atoms with van der Waals surface area (Å²) < 4.78 is 1.69. The molecule has 3 aromatic carbocycles. The number of anilines is 1. The van der Waals surface area contributed by atoms with Crippen LogP contribution in [-0.4, -0.2) is 44.5 Å². The van der Waals surface area contributed by atoms with E-state index in [-0.39, 0.29) is 23.9 Å². The highest BCUT2D eigenvalue weighted by Gasteiger charge is 2.17. The van der Waals surface area contributed by atoms with E-state index in [9.17, 15) is 19.7 Å². The van der Waals surface area contributed by atoms with Crippen LogP contribution in [0.3, 0.4) is 0 Å². The Kier molecular flexibility index (Phi) is 7.73. The maximum Gasteiger partial charge on any atom is 0.269 e. The van der Waals surface area contributed by atoms with E-state index in [2.05, 4.69) is 10.4 Å². The van der Waals surface area contributed by atoms with Crippen molar-refractivity contribution in [2.24, 2.45) is 0 Å². The first-order valence-corrected chi connectivity index (χ1v) is 12.0. The van der Waals surface area contributed by atoms with E-state index in [1.54, 1.807) is 52.2 Å². The Morgan fingerprint density at radius 3 is 2.19 bits per heavy atom. The molecular weight excluding hydrogens is 470 g/mol. The van der Waals surface area contributed by atoms with Gasteiger partial charge in [0.25, 0.3) is 11.6 Å². The molecule has 0 radical (unpaired) electrons. The number of hydrogen-bond donors (Lipinski definition) is 1. The molecule has 4 aromatic rings. The number of non-ortho nitro benzene ring substituents is 1. The lowest BCUT2D eigenvalue weighted by Gasteiger charge is -2.18. The van der Waals surface area contributed by atoms with Gasteiger partial charge < -0.3 is 10.2 Å². The molecule has 9 nitrogen and oxygen atoms in total. The number of rotatable bonds is 9. The third-order valence-corrected chi connectivity index (χ3v) is 5.98. The molecule has 0 aliphatic heterocycles. The van der Waals surface area contributed by atoms with Gasteiger partial charge in [0.15, 0.2) is 0 Å². The number of benzene rings is 3. The molecule has 4 rings (SSSR count). The number of hydrogen-bond acceptors (Lipinski definition) is 5. The van der Waals surface area contributed by atoms with Crippen molar-refractivity contribution in [2.75, 3.05) is 18.4 Å². The lowest BCUT2D eigenvalue weighted by molar-refractivity contribution is -0.384. The van der Waals surface area contributed by atoms with E-state index in [1.807, 2.05) is 44.2 Å². The van der Waals surface area contributed by atoms with Gasteiger partial charge in [0.05, 0.1) is 22.7 Å². The van der Waals surface area contributed by atoms with Gasteiger partial charge >= 0.3 is 0 Å². The molecule has 0 saturated heterocycles. The molecule has 0 aliphatic carbocycles. The number of aromatic nitrogens is 2. The van der Waals surface area contributed by atoms with Crippen LogP contribution in [0, 0.1) is 10.1 Å². The first kappa shape index (κ1) is 25.3. The van der Waals surface area contributed by atoms with Crippen LogP contribution in [0.4, 0.5) is 11.4 Å². The molecule has 0 aliphatic rings. The summed E-state index contributed by atoms with van der Waals surface area (Å²) in [6.07, 6.45) is 1.83. The monoisotopic (exact) mass is 497 g/mol. The lowest BCUT2D eigenvalue weighted by Crippen LogP contribution is -2.30. The highest BCUT2D eigenvalue weighted by molar-refractivity contribution is 5.96. The van der Waals surface area contributed by atoms with Gasteiger partial charge in [-0.15, -0.1) is 0 Å². The maximum atomic E-state index is 13.0. The zero-order valence-corrected chi connectivity index (χ0v) is 20.6. The number of amides is 2. The fourth-order valence-electron chi connectivity index (χ4n) is 4.00. The molecule has 0 atom stereocenters. The van der Waals surface area contributed by atoms with Gasteiger partial charge in [0, 0.05) is 53.8 Å². The average Bonchev–Trinajstić information content (AvgIpc) is 3.33. The second-order valence-corrected chi connectivity index (χ2v) is 8.37. The SMILES string of the molecule is CCN(CC)C(=O)c1ccc(NC(=O)Cc2cn(-c3ccccc3)nc2-c2ccc([N+](=O)[O-])cc2)cc1. The minimum absolute atomic E-state index is 0.0199. The Balaban J connectivity index is 1.56. The van der Waals surface area contributed by atoms with E-state index in [0.717, 1.165) is 5.69 Å². The molecule has 188 valence electrons. The quantitative estimate of drug-likeness (QED) is 0.255. The van der Waals surface area contributed by atoms with E-state index >= 15 is 0 Å². The van der Waals surface area contributed by atoms with E-state index in [1.165, 1.54) is 12.1 Å². The minimum Gasteiger partial charge on any atom is -0.339 e. The fraction of sp³-hybridized carbons (Fsp3) is 0.179. The van der Waals surface area contributed by atoms with E-state index in [4.69, 9.17) is 0 Å². The number of carbonyl (C=O) groups is 2. The van der Waals surface area contributed by atoms with Gasteiger partial charge in [0.1, 0.15) is 0 Å². The molecule has 0 bridgehead atoms. The van der Waals surface area contributed by atoms with Crippen LogP contribution in [0.5, 0.6) is 0 Å². The molecule has 9 heteroatoms. The summed E-state index contributed by atoms with van der Waals surface area (Å²) in [6.45, 7) is 5.12. The minimum atomic E-state index is -0.457. The fourth-order valence-corrected chi connectivity index (χ4v) is 4.00. The summed E-state index contributed by atoms with van der Waals surface area (Å²) in [5.74, 6) is -0.303. The lowest BCUT2D eigenvalue weighted by atomic mass is 10.1. The van der Waals surface area contributed by atoms with Crippen molar-refractivity contribution in [1.82, 2.24) is 14.7 Å². The van der Waals surface area contributed by atoms with Gasteiger partial charge in [-0.25, -0.2) is 4.68 Å². The second-order valence-electron chi connectivity index (χ2n) is 8.37. The number of carbonyl (C=O) groups excluding carboxylic acids is 2. The number of nitro benzene ring substituents is 1. The highest BCUT2D eigenvalue weighted by atomic mass is 16.6. The summed E-state index contributed by atoms with van der Waals surface area (Å²) in [5.41, 5.74) is 3.85. The van der Waals surface area contributed by atoms with Crippen LogP contribution in [0.2, 0.25) is 0 Å². The van der Waals surface area contributed by atoms with Crippen molar-refractivity contribution in [3.63, 3.8) is 0 Å². The van der Waals surface area contributed by atoms with Crippen molar-refractivity contribution in [3.8, 4) is 16.9 Å². The Bertz CT molecular complexity index is 1390. The Morgan fingerprint density at radius 1 is 0.946 bits per heavy atom. The average molecular weight is 498 g/mol. The predicted octanol–water partition coefficient (Wildman–Crippen LogP) is 5.11. The van der Waals surface area contributed by atoms with Crippen LogP contribution in [0.15, 0.2) is 85.1 Å². The normalized spacial score (nSPS) is 10.6. The van der Waals surface area contributed by atoms with Crippen LogP contribution < -0.4 is 5.32 Å². The predicted molar refractivity (Wildman–Crippen MR) is 142 cm³/mol. The number of nitrogens with one attached hydrogen (secondary N) is 1. The van der Waals surface area contributed by atoms with Crippen LogP contribution in [0.25, 0.3) is 16.9 Å². The van der Waals surface area contributed by atoms with E-state index in [0.29, 0.717) is 41.2 Å². The van der Waals surface area contributed by atoms with Gasteiger partial charge in [-0.05, 0) is 62.4 Å². The third-order valence-electron chi connectivity index (χ3n) is 5.98. The molecule has 2 amide bonds. The number of nitro groups is 1. The topological polar surface area (TPSA) is 110 Å². The van der Waals surface area contributed by atoms with Crippen LogP contribution >= 0.6 is 0 Å². The van der Waals surface area contributed by atoms with Crippen LogP contribution in [-0.2, 0) is 11.2 Å². The Hall–Kier alpha value is -4.79. The smallest absolute Gasteiger partial charge is 0.269 e. The standard InChI is InChI=1S/C28H27N5O4/c1-3-31(4-2)28(35)21-10-14-23(15-11-21)29-26(34)18-22-19-32(24-8-6-5-7-9-24)30-27(22)20-12-16-25(17-13-20)33(36)37/h5-17,19H,3-4,18H2,1-2H3,(H,29,34). The zero-order valence-electron chi connectivity index (χ0n) is 20.6. The van der Waals surface area contributed by atoms with Crippen molar-refractivity contribution >= 4 is 23.2 Å². The second kappa shape index (κ2) is 11.3. The zero-order chi connectivity index (χ0) is 26.4. The van der Waals surface area contributed by atoms with Crippen molar-refractivity contribution in [2.45, 2.75) is 20.3 Å². The number of nitrogens with zero attached hydrogens (tertiary/aromatic N) is 4.